The monoisotopic (exact) mass is 288 g/mol. The second-order valence-electron chi connectivity index (χ2n) is 4.34. The van der Waals surface area contributed by atoms with Crippen LogP contribution in [0, 0.1) is 0 Å². The molecule has 1 fully saturated rings. The van der Waals surface area contributed by atoms with E-state index in [4.69, 9.17) is 23.2 Å². The third-order valence-electron chi connectivity index (χ3n) is 3.08. The molecule has 3 rings (SSSR count). The number of hydrogen-bond donors (Lipinski definition) is 1. The van der Waals surface area contributed by atoms with Crippen molar-refractivity contribution in [3.05, 3.63) is 21.1 Å². The van der Waals surface area contributed by atoms with Crippen molar-refractivity contribution in [1.82, 2.24) is 15.2 Å². The van der Waals surface area contributed by atoms with Crippen LogP contribution in [-0.4, -0.2) is 36.6 Å². The molecule has 0 amide bonds. The molecule has 1 saturated heterocycles. The van der Waals surface area contributed by atoms with Crippen LogP contribution in [0.2, 0.25) is 9.36 Å². The molecule has 2 aromatic rings. The average Bonchev–Trinajstić information content (AvgIpc) is 2.81. The van der Waals surface area contributed by atoms with Crippen LogP contribution in [0.15, 0.2) is 6.07 Å². The van der Waals surface area contributed by atoms with Crippen LogP contribution in [0.4, 0.5) is 0 Å². The molecule has 1 unspecified atom stereocenters. The molecule has 3 heterocycles. The standard InChI is InChI=1S/C11H12Cl2N3S/c1-16-3-2-14-8(5-16)7-4-6-9(12)10(13)17-11(6)15-7/h4,8,15H,2-3,5H2,1H3. The molecule has 1 N–H and O–H groups in total. The topological polar surface area (TPSA) is 33.1 Å². The first-order valence-corrected chi connectivity index (χ1v) is 7.04. The van der Waals surface area contributed by atoms with Gasteiger partial charge in [-0.1, -0.05) is 23.2 Å². The predicted molar refractivity (Wildman–Crippen MR) is 73.4 cm³/mol. The minimum Gasteiger partial charge on any atom is -0.349 e. The third-order valence-corrected chi connectivity index (χ3v) is 5.01. The maximum Gasteiger partial charge on any atom is 0.114 e. The number of nitrogens with zero attached hydrogens (tertiary/aromatic N) is 2. The highest BCUT2D eigenvalue weighted by Crippen LogP contribution is 2.40. The van der Waals surface area contributed by atoms with Crippen molar-refractivity contribution in [3.8, 4) is 0 Å². The zero-order chi connectivity index (χ0) is 12.0. The van der Waals surface area contributed by atoms with Gasteiger partial charge in [-0.3, -0.25) is 0 Å². The molecule has 1 aliphatic rings. The third kappa shape index (κ3) is 2.09. The Bertz CT molecular complexity index is 548. The Balaban J connectivity index is 1.95. The first-order chi connectivity index (χ1) is 8.15. The van der Waals surface area contributed by atoms with E-state index in [1.165, 1.54) is 11.3 Å². The van der Waals surface area contributed by atoms with Gasteiger partial charge in [-0.2, -0.15) is 0 Å². The molecule has 17 heavy (non-hydrogen) atoms. The average molecular weight is 289 g/mol. The number of hydrogen-bond acceptors (Lipinski definition) is 2. The van der Waals surface area contributed by atoms with Crippen LogP contribution < -0.4 is 5.32 Å². The van der Waals surface area contributed by atoms with E-state index in [1.807, 2.05) is 0 Å². The summed E-state index contributed by atoms with van der Waals surface area (Å²) in [5.41, 5.74) is 1.14. The van der Waals surface area contributed by atoms with Gasteiger partial charge in [0.2, 0.25) is 0 Å². The van der Waals surface area contributed by atoms with E-state index in [1.54, 1.807) is 0 Å². The lowest BCUT2D eigenvalue weighted by Gasteiger charge is -2.28. The summed E-state index contributed by atoms with van der Waals surface area (Å²) in [7, 11) is 2.12. The lowest BCUT2D eigenvalue weighted by molar-refractivity contribution is 0.234. The molecule has 2 aromatic heterocycles. The van der Waals surface area contributed by atoms with Crippen LogP contribution in [0.25, 0.3) is 10.2 Å². The molecule has 0 aromatic carbocycles. The highest BCUT2D eigenvalue weighted by atomic mass is 35.5. The fourth-order valence-electron chi connectivity index (χ4n) is 2.14. The molecular weight excluding hydrogens is 277 g/mol. The second kappa shape index (κ2) is 4.44. The first-order valence-electron chi connectivity index (χ1n) is 5.46. The van der Waals surface area contributed by atoms with Gasteiger partial charge in [-0.15, -0.1) is 11.3 Å². The van der Waals surface area contributed by atoms with E-state index in [-0.39, 0.29) is 6.04 Å². The first kappa shape index (κ1) is 11.8. The van der Waals surface area contributed by atoms with Crippen molar-refractivity contribution in [2.45, 2.75) is 6.04 Å². The van der Waals surface area contributed by atoms with Gasteiger partial charge in [0.15, 0.2) is 0 Å². The summed E-state index contributed by atoms with van der Waals surface area (Å²) >= 11 is 13.6. The summed E-state index contributed by atoms with van der Waals surface area (Å²) in [6.45, 7) is 2.89. The molecule has 1 atom stereocenters. The van der Waals surface area contributed by atoms with E-state index in [2.05, 4.69) is 28.3 Å². The molecule has 0 spiro atoms. The van der Waals surface area contributed by atoms with Gasteiger partial charge < -0.3 is 9.88 Å². The van der Waals surface area contributed by atoms with Crippen molar-refractivity contribution in [2.24, 2.45) is 0 Å². The lowest BCUT2D eigenvalue weighted by Crippen LogP contribution is -2.40. The van der Waals surface area contributed by atoms with Crippen LogP contribution in [0.1, 0.15) is 11.7 Å². The Morgan fingerprint density at radius 2 is 2.35 bits per heavy atom. The quantitative estimate of drug-likeness (QED) is 0.859. The zero-order valence-electron chi connectivity index (χ0n) is 9.33. The number of rotatable bonds is 1. The van der Waals surface area contributed by atoms with E-state index in [9.17, 15) is 0 Å². The van der Waals surface area contributed by atoms with E-state index >= 15 is 0 Å². The molecule has 0 aliphatic carbocycles. The second-order valence-corrected chi connectivity index (χ2v) is 6.34. The van der Waals surface area contributed by atoms with Gasteiger partial charge in [-0.05, 0) is 13.1 Å². The minimum atomic E-state index is 0.225. The number of likely N-dealkylation sites (N-methyl/N-ethyl adjacent to an activating group) is 1. The number of halogens is 2. The normalized spacial score (nSPS) is 22.4. The Hall–Kier alpha value is -0.260. The number of fused-ring (bicyclic) bond motifs is 1. The van der Waals surface area contributed by atoms with Crippen LogP contribution in [0.3, 0.4) is 0 Å². The maximum atomic E-state index is 6.14. The molecule has 91 valence electrons. The zero-order valence-corrected chi connectivity index (χ0v) is 11.7. The molecule has 1 aliphatic heterocycles. The molecule has 0 saturated carbocycles. The molecule has 0 bridgehead atoms. The summed E-state index contributed by atoms with van der Waals surface area (Å²) in [6.07, 6.45) is 0. The molecule has 6 heteroatoms. The van der Waals surface area contributed by atoms with Crippen LogP contribution in [0.5, 0.6) is 0 Å². The Labute approximate surface area is 114 Å². The summed E-state index contributed by atoms with van der Waals surface area (Å²) in [4.78, 5) is 6.71. The number of piperazine rings is 1. The number of thiophene rings is 1. The number of nitrogens with one attached hydrogen (secondary N) is 1. The van der Waals surface area contributed by atoms with Gasteiger partial charge in [0.1, 0.15) is 9.17 Å². The Morgan fingerprint density at radius 1 is 1.53 bits per heavy atom. The van der Waals surface area contributed by atoms with E-state index in [0.29, 0.717) is 9.36 Å². The molecular formula is C11H12Cl2N3S. The summed E-state index contributed by atoms with van der Waals surface area (Å²) in [5, 5.41) is 6.30. The van der Waals surface area contributed by atoms with E-state index < -0.39 is 0 Å². The van der Waals surface area contributed by atoms with Crippen LogP contribution >= 0.6 is 34.5 Å². The smallest absolute Gasteiger partial charge is 0.114 e. The number of aromatic amines is 1. The fourth-order valence-corrected chi connectivity index (χ4v) is 3.62. The van der Waals surface area contributed by atoms with Gasteiger partial charge in [0, 0.05) is 30.7 Å². The Morgan fingerprint density at radius 3 is 3.06 bits per heavy atom. The number of H-pyrrole nitrogens is 1. The summed E-state index contributed by atoms with van der Waals surface area (Å²) in [5.74, 6) is 0. The predicted octanol–water partition coefficient (Wildman–Crippen LogP) is 3.13. The SMILES string of the molecule is CN1CC[N]C(c2cc3c(Cl)c(Cl)sc3[nH]2)C1. The van der Waals surface area contributed by atoms with Gasteiger partial charge in [0.05, 0.1) is 11.1 Å². The van der Waals surface area contributed by atoms with Gasteiger partial charge in [0.25, 0.3) is 0 Å². The lowest BCUT2D eigenvalue weighted by atomic mass is 10.1. The maximum absolute atomic E-state index is 6.14. The van der Waals surface area contributed by atoms with Crippen LogP contribution in [-0.2, 0) is 0 Å². The fraction of sp³-hybridized carbons (Fsp3) is 0.455. The summed E-state index contributed by atoms with van der Waals surface area (Å²) < 4.78 is 0.650. The largest absolute Gasteiger partial charge is 0.349 e. The van der Waals surface area contributed by atoms with Crippen molar-refractivity contribution >= 4 is 44.8 Å². The summed E-state index contributed by atoms with van der Waals surface area (Å²) in [6, 6.07) is 2.30. The molecule has 1 radical (unpaired) electrons. The Kier molecular flexibility index (Phi) is 3.09. The van der Waals surface area contributed by atoms with Crippen molar-refractivity contribution in [1.29, 1.82) is 0 Å². The minimum absolute atomic E-state index is 0.225. The number of aromatic nitrogens is 1. The van der Waals surface area contributed by atoms with Crippen molar-refractivity contribution in [2.75, 3.05) is 26.7 Å². The van der Waals surface area contributed by atoms with Crippen molar-refractivity contribution in [3.63, 3.8) is 0 Å². The van der Waals surface area contributed by atoms with Crippen molar-refractivity contribution < 1.29 is 0 Å². The molecule has 3 nitrogen and oxygen atoms in total. The van der Waals surface area contributed by atoms with Gasteiger partial charge >= 0.3 is 0 Å². The highest BCUT2D eigenvalue weighted by molar-refractivity contribution is 7.23. The van der Waals surface area contributed by atoms with Gasteiger partial charge in [-0.25, -0.2) is 5.32 Å². The highest BCUT2D eigenvalue weighted by Gasteiger charge is 2.22. The van der Waals surface area contributed by atoms with E-state index in [0.717, 1.165) is 35.5 Å².